The summed E-state index contributed by atoms with van der Waals surface area (Å²) in [6.45, 7) is 0. The van der Waals surface area contributed by atoms with Gasteiger partial charge in [-0.05, 0) is 12.5 Å². The van der Waals surface area contributed by atoms with Gasteiger partial charge in [-0.3, -0.25) is 4.79 Å². The normalized spacial score (nSPS) is 23.7. The molecular formula is C8H7FOS. The molecule has 0 radical (unpaired) electrons. The van der Waals surface area contributed by atoms with Gasteiger partial charge in [-0.1, -0.05) is 0 Å². The van der Waals surface area contributed by atoms with Gasteiger partial charge in [-0.15, -0.1) is 11.8 Å². The van der Waals surface area contributed by atoms with Gasteiger partial charge in [0.1, 0.15) is 5.83 Å². The van der Waals surface area contributed by atoms with Crippen molar-refractivity contribution in [2.24, 2.45) is 0 Å². The van der Waals surface area contributed by atoms with Crippen LogP contribution in [-0.2, 0) is 4.79 Å². The summed E-state index contributed by atoms with van der Waals surface area (Å²) in [6, 6.07) is 0. The third-order valence-electron chi connectivity index (χ3n) is 1.86. The third kappa shape index (κ3) is 1.13. The molecule has 0 saturated carbocycles. The summed E-state index contributed by atoms with van der Waals surface area (Å²) in [6.07, 6.45) is 2.30. The van der Waals surface area contributed by atoms with E-state index in [9.17, 15) is 9.18 Å². The van der Waals surface area contributed by atoms with Gasteiger partial charge < -0.3 is 0 Å². The first kappa shape index (κ1) is 7.10. The van der Waals surface area contributed by atoms with Gasteiger partial charge >= 0.3 is 0 Å². The van der Waals surface area contributed by atoms with Crippen LogP contribution in [-0.4, -0.2) is 11.5 Å². The van der Waals surface area contributed by atoms with Crippen molar-refractivity contribution in [2.45, 2.75) is 12.8 Å². The van der Waals surface area contributed by atoms with Gasteiger partial charge in [0.2, 0.25) is 0 Å². The van der Waals surface area contributed by atoms with Gasteiger partial charge in [0.05, 0.1) is 6.42 Å². The molecule has 3 heteroatoms. The molecule has 0 unspecified atom stereocenters. The fourth-order valence-corrected chi connectivity index (χ4v) is 2.46. The van der Waals surface area contributed by atoms with Gasteiger partial charge in [0.25, 0.3) is 0 Å². The molecule has 0 amide bonds. The standard InChI is InChI=1S/C8H7FOS/c9-5-3-7(10)6-1-2-11-8(6)4-5/h4H,1-3H2. The van der Waals surface area contributed by atoms with Gasteiger partial charge in [0.15, 0.2) is 5.78 Å². The smallest absolute Gasteiger partial charge is 0.166 e. The van der Waals surface area contributed by atoms with Crippen LogP contribution in [0.3, 0.4) is 0 Å². The summed E-state index contributed by atoms with van der Waals surface area (Å²) < 4.78 is 12.7. The van der Waals surface area contributed by atoms with Crippen LogP contribution < -0.4 is 0 Å². The Bertz CT molecular complexity index is 278. The fourth-order valence-electron chi connectivity index (χ4n) is 1.33. The fraction of sp³-hybridized carbons (Fsp3) is 0.375. The van der Waals surface area contributed by atoms with Crippen molar-refractivity contribution in [3.8, 4) is 0 Å². The highest BCUT2D eigenvalue weighted by Gasteiger charge is 2.25. The monoisotopic (exact) mass is 170 g/mol. The van der Waals surface area contributed by atoms with E-state index in [1.807, 2.05) is 0 Å². The summed E-state index contributed by atoms with van der Waals surface area (Å²) in [5.41, 5.74) is 0.844. The minimum Gasteiger partial charge on any atom is -0.294 e. The molecule has 1 nitrogen and oxygen atoms in total. The van der Waals surface area contributed by atoms with Crippen molar-refractivity contribution in [3.05, 3.63) is 22.4 Å². The second kappa shape index (κ2) is 2.48. The first-order valence-corrected chi connectivity index (χ1v) is 4.51. The van der Waals surface area contributed by atoms with Crippen LogP contribution in [0.4, 0.5) is 4.39 Å². The largest absolute Gasteiger partial charge is 0.294 e. The van der Waals surface area contributed by atoms with E-state index < -0.39 is 0 Å². The first-order chi connectivity index (χ1) is 5.27. The average molecular weight is 170 g/mol. The topological polar surface area (TPSA) is 17.1 Å². The molecule has 0 aromatic carbocycles. The minimum atomic E-state index is -0.289. The maximum atomic E-state index is 12.7. The van der Waals surface area contributed by atoms with E-state index in [0.29, 0.717) is 0 Å². The maximum absolute atomic E-state index is 12.7. The number of thioether (sulfide) groups is 1. The zero-order valence-corrected chi connectivity index (χ0v) is 6.71. The zero-order valence-electron chi connectivity index (χ0n) is 5.89. The molecule has 58 valence electrons. The number of allylic oxidation sites excluding steroid dienone is 3. The summed E-state index contributed by atoms with van der Waals surface area (Å²) in [5, 5.41) is 0. The predicted molar refractivity (Wildman–Crippen MR) is 42.9 cm³/mol. The highest BCUT2D eigenvalue weighted by atomic mass is 32.2. The highest BCUT2D eigenvalue weighted by molar-refractivity contribution is 8.03. The van der Waals surface area contributed by atoms with Crippen LogP contribution in [0, 0.1) is 0 Å². The minimum absolute atomic E-state index is 0.0145. The number of halogens is 1. The molecular weight excluding hydrogens is 163 g/mol. The number of carbonyl (C=O) groups is 1. The molecule has 0 bridgehead atoms. The molecule has 0 aromatic rings. The van der Waals surface area contributed by atoms with E-state index in [-0.39, 0.29) is 18.0 Å². The number of hydrogen-bond donors (Lipinski definition) is 0. The number of ketones is 1. The van der Waals surface area contributed by atoms with E-state index >= 15 is 0 Å². The molecule has 0 spiro atoms. The maximum Gasteiger partial charge on any atom is 0.166 e. The Labute approximate surface area is 68.4 Å². The van der Waals surface area contributed by atoms with E-state index in [0.717, 1.165) is 22.7 Å². The van der Waals surface area contributed by atoms with Crippen molar-refractivity contribution >= 4 is 17.5 Å². The Morgan fingerprint density at radius 2 is 2.36 bits per heavy atom. The van der Waals surface area contributed by atoms with E-state index in [1.54, 1.807) is 11.8 Å². The summed E-state index contributed by atoms with van der Waals surface area (Å²) in [5.74, 6) is 0.619. The lowest BCUT2D eigenvalue weighted by atomic mass is 10.0. The van der Waals surface area contributed by atoms with Crippen LogP contribution in [0.1, 0.15) is 12.8 Å². The summed E-state index contributed by atoms with van der Waals surface area (Å²) >= 11 is 1.58. The molecule has 1 aliphatic carbocycles. The second-order valence-electron chi connectivity index (χ2n) is 2.63. The SMILES string of the molecule is O=C1CC(F)=CC2=C1CCS2. The Morgan fingerprint density at radius 3 is 3.18 bits per heavy atom. The molecule has 2 rings (SSSR count). The molecule has 0 aromatic heterocycles. The van der Waals surface area contributed by atoms with Crippen molar-refractivity contribution < 1.29 is 9.18 Å². The molecule has 0 atom stereocenters. The van der Waals surface area contributed by atoms with Crippen molar-refractivity contribution in [1.82, 2.24) is 0 Å². The Balaban J connectivity index is 2.41. The lowest BCUT2D eigenvalue weighted by Gasteiger charge is -2.06. The molecule has 1 aliphatic heterocycles. The molecule has 0 saturated heterocycles. The molecule has 0 fully saturated rings. The van der Waals surface area contributed by atoms with E-state index in [1.165, 1.54) is 6.08 Å². The van der Waals surface area contributed by atoms with Gasteiger partial charge in [-0.25, -0.2) is 4.39 Å². The first-order valence-electron chi connectivity index (χ1n) is 3.52. The lowest BCUT2D eigenvalue weighted by molar-refractivity contribution is -0.115. The van der Waals surface area contributed by atoms with Gasteiger partial charge in [-0.2, -0.15) is 0 Å². The van der Waals surface area contributed by atoms with Crippen molar-refractivity contribution in [1.29, 1.82) is 0 Å². The Hall–Kier alpha value is -0.570. The second-order valence-corrected chi connectivity index (χ2v) is 3.77. The Kier molecular flexibility index (Phi) is 1.60. The summed E-state index contributed by atoms with van der Waals surface area (Å²) in [4.78, 5) is 12.0. The lowest BCUT2D eigenvalue weighted by Crippen LogP contribution is -2.05. The van der Waals surface area contributed by atoms with Crippen molar-refractivity contribution in [3.63, 3.8) is 0 Å². The van der Waals surface area contributed by atoms with Crippen LogP contribution in [0.25, 0.3) is 0 Å². The van der Waals surface area contributed by atoms with Crippen LogP contribution in [0.2, 0.25) is 0 Å². The third-order valence-corrected chi connectivity index (χ3v) is 2.94. The van der Waals surface area contributed by atoms with Crippen LogP contribution in [0.15, 0.2) is 22.4 Å². The van der Waals surface area contributed by atoms with Crippen LogP contribution in [0.5, 0.6) is 0 Å². The highest BCUT2D eigenvalue weighted by Crippen LogP contribution is 2.37. The van der Waals surface area contributed by atoms with Gasteiger partial charge in [0, 0.05) is 16.2 Å². The Morgan fingerprint density at radius 1 is 1.55 bits per heavy atom. The van der Waals surface area contributed by atoms with E-state index in [4.69, 9.17) is 0 Å². The number of hydrogen-bond acceptors (Lipinski definition) is 2. The average Bonchev–Trinajstić information content (AvgIpc) is 2.34. The van der Waals surface area contributed by atoms with E-state index in [2.05, 4.69) is 0 Å². The number of rotatable bonds is 0. The number of Topliss-reactive ketones (excluding diaryl/α,β-unsaturated/α-hetero) is 1. The predicted octanol–water partition coefficient (Wildman–Crippen LogP) is 2.20. The quantitative estimate of drug-likeness (QED) is 0.554. The zero-order chi connectivity index (χ0) is 7.84. The van der Waals surface area contributed by atoms with Crippen LogP contribution >= 0.6 is 11.8 Å². The molecule has 0 N–H and O–H groups in total. The molecule has 1 heterocycles. The number of carbonyl (C=O) groups excluding carboxylic acids is 1. The summed E-state index contributed by atoms with van der Waals surface area (Å²) in [7, 11) is 0. The van der Waals surface area contributed by atoms with Crippen molar-refractivity contribution in [2.75, 3.05) is 5.75 Å². The molecule has 11 heavy (non-hydrogen) atoms. The molecule has 2 aliphatic rings.